The lowest BCUT2D eigenvalue weighted by Gasteiger charge is -2.27. The Hall–Kier alpha value is -1.17. The van der Waals surface area contributed by atoms with Crippen molar-refractivity contribution < 1.29 is 13.6 Å². The zero-order valence-corrected chi connectivity index (χ0v) is 11.8. The molecule has 0 radical (unpaired) electrons. The Balaban J connectivity index is 1.96. The fraction of sp³-hybridized carbons (Fsp3) is 0.462. The van der Waals surface area contributed by atoms with E-state index in [-0.39, 0.29) is 37.5 Å². The number of alkyl halides is 2. The maximum absolute atomic E-state index is 13.0. The summed E-state index contributed by atoms with van der Waals surface area (Å²) in [5.74, 6) is -3.17. The number of halogens is 3. The molecule has 19 heavy (non-hydrogen) atoms. The van der Waals surface area contributed by atoms with Crippen molar-refractivity contribution in [3.8, 4) is 0 Å². The summed E-state index contributed by atoms with van der Waals surface area (Å²) in [5.41, 5.74) is 6.82. The van der Waals surface area contributed by atoms with Gasteiger partial charge in [0.15, 0.2) is 0 Å². The normalized spacial score (nSPS) is 19.1. The van der Waals surface area contributed by atoms with Gasteiger partial charge in [-0.1, -0.05) is 0 Å². The van der Waals surface area contributed by atoms with E-state index in [0.29, 0.717) is 11.4 Å². The van der Waals surface area contributed by atoms with E-state index < -0.39 is 5.92 Å². The fourth-order valence-corrected chi connectivity index (χ4v) is 2.41. The van der Waals surface area contributed by atoms with Gasteiger partial charge in [-0.05, 0) is 47.0 Å². The van der Waals surface area contributed by atoms with Crippen molar-refractivity contribution in [3.05, 3.63) is 22.7 Å². The van der Waals surface area contributed by atoms with E-state index in [4.69, 9.17) is 5.73 Å². The minimum Gasteiger partial charge on any atom is -0.398 e. The van der Waals surface area contributed by atoms with Crippen LogP contribution < -0.4 is 11.1 Å². The summed E-state index contributed by atoms with van der Waals surface area (Å²) >= 11 is 3.26. The molecule has 0 saturated heterocycles. The van der Waals surface area contributed by atoms with Crippen LogP contribution in [0.4, 0.5) is 20.2 Å². The van der Waals surface area contributed by atoms with Gasteiger partial charge in [0.2, 0.25) is 11.8 Å². The Morgan fingerprint density at radius 2 is 2.00 bits per heavy atom. The summed E-state index contributed by atoms with van der Waals surface area (Å²) < 4.78 is 26.8. The summed E-state index contributed by atoms with van der Waals surface area (Å²) in [7, 11) is 0. The number of benzene rings is 1. The van der Waals surface area contributed by atoms with E-state index in [1.165, 1.54) is 0 Å². The number of amides is 1. The van der Waals surface area contributed by atoms with Gasteiger partial charge in [-0.25, -0.2) is 8.78 Å². The second kappa shape index (κ2) is 5.45. The first-order valence-corrected chi connectivity index (χ1v) is 6.90. The van der Waals surface area contributed by atoms with Crippen molar-refractivity contribution in [2.24, 2.45) is 5.92 Å². The third-order valence-corrected chi connectivity index (χ3v) is 4.07. The van der Waals surface area contributed by atoms with Crippen molar-refractivity contribution >= 4 is 33.2 Å². The van der Waals surface area contributed by atoms with Crippen LogP contribution in [0, 0.1) is 5.92 Å². The van der Waals surface area contributed by atoms with Crippen molar-refractivity contribution in [2.45, 2.75) is 31.6 Å². The quantitative estimate of drug-likeness (QED) is 0.809. The fourth-order valence-electron chi connectivity index (χ4n) is 2.17. The highest BCUT2D eigenvalue weighted by Gasteiger charge is 2.37. The van der Waals surface area contributed by atoms with Crippen LogP contribution in [0.5, 0.6) is 0 Å². The molecule has 0 unspecified atom stereocenters. The lowest BCUT2D eigenvalue weighted by atomic mass is 9.86. The molecular weight excluding hydrogens is 318 g/mol. The molecule has 104 valence electrons. The molecule has 0 heterocycles. The first-order valence-electron chi connectivity index (χ1n) is 6.11. The predicted octanol–water partition coefficient (Wildman–Crippen LogP) is 3.80. The molecule has 2 rings (SSSR count). The van der Waals surface area contributed by atoms with Gasteiger partial charge in [-0.3, -0.25) is 4.79 Å². The molecule has 0 aliphatic heterocycles. The molecule has 1 saturated carbocycles. The number of nitrogens with one attached hydrogen (secondary N) is 1. The van der Waals surface area contributed by atoms with E-state index in [9.17, 15) is 13.6 Å². The first-order chi connectivity index (χ1) is 8.87. The van der Waals surface area contributed by atoms with Gasteiger partial charge in [0, 0.05) is 34.6 Å². The van der Waals surface area contributed by atoms with Crippen molar-refractivity contribution in [2.75, 3.05) is 11.1 Å². The first kappa shape index (κ1) is 14.2. The van der Waals surface area contributed by atoms with Gasteiger partial charge >= 0.3 is 0 Å². The molecule has 1 aromatic carbocycles. The molecule has 6 heteroatoms. The van der Waals surface area contributed by atoms with Gasteiger partial charge in [0.1, 0.15) is 0 Å². The summed E-state index contributed by atoms with van der Waals surface area (Å²) in [5, 5.41) is 2.72. The van der Waals surface area contributed by atoms with E-state index in [1.807, 2.05) is 0 Å². The van der Waals surface area contributed by atoms with Crippen LogP contribution in [-0.2, 0) is 4.79 Å². The molecule has 1 amide bonds. The molecule has 0 atom stereocenters. The second-order valence-corrected chi connectivity index (χ2v) is 5.71. The maximum Gasteiger partial charge on any atom is 0.248 e. The zero-order chi connectivity index (χ0) is 14.0. The Bertz CT molecular complexity index is 484. The molecule has 0 bridgehead atoms. The molecule has 0 aromatic heterocycles. The average molecular weight is 333 g/mol. The van der Waals surface area contributed by atoms with E-state index in [1.54, 1.807) is 18.2 Å². The minimum absolute atomic E-state index is 0.211. The van der Waals surface area contributed by atoms with Crippen LogP contribution in [0.1, 0.15) is 25.7 Å². The van der Waals surface area contributed by atoms with Crippen LogP contribution in [0.3, 0.4) is 0 Å². The van der Waals surface area contributed by atoms with Crippen molar-refractivity contribution in [3.63, 3.8) is 0 Å². The molecule has 3 N–H and O–H groups in total. The molecule has 3 nitrogen and oxygen atoms in total. The van der Waals surface area contributed by atoms with Crippen molar-refractivity contribution in [1.29, 1.82) is 0 Å². The number of hydrogen-bond donors (Lipinski definition) is 2. The number of carbonyl (C=O) groups is 1. The number of rotatable bonds is 2. The van der Waals surface area contributed by atoms with Crippen LogP contribution >= 0.6 is 15.9 Å². The molecule has 1 aliphatic rings. The van der Waals surface area contributed by atoms with Gasteiger partial charge in [-0.2, -0.15) is 0 Å². The number of carbonyl (C=O) groups excluding carboxylic acids is 1. The van der Waals surface area contributed by atoms with Gasteiger partial charge in [-0.15, -0.1) is 0 Å². The second-order valence-electron chi connectivity index (χ2n) is 4.86. The standard InChI is InChI=1S/C13H15BrF2N2O/c14-10-2-1-9(7-11(10)17)18-12(19)8-3-5-13(15,16)6-4-8/h1-2,7-8H,3-6,17H2,(H,18,19). The van der Waals surface area contributed by atoms with Crippen LogP contribution in [-0.4, -0.2) is 11.8 Å². The average Bonchev–Trinajstić information content (AvgIpc) is 2.33. The lowest BCUT2D eigenvalue weighted by Crippen LogP contribution is -2.31. The van der Waals surface area contributed by atoms with Crippen LogP contribution in [0.25, 0.3) is 0 Å². The highest BCUT2D eigenvalue weighted by molar-refractivity contribution is 9.10. The van der Waals surface area contributed by atoms with Crippen LogP contribution in [0.15, 0.2) is 22.7 Å². The van der Waals surface area contributed by atoms with Gasteiger partial charge in [0.25, 0.3) is 0 Å². The Kier molecular flexibility index (Phi) is 4.08. The number of nitrogens with two attached hydrogens (primary N) is 1. The van der Waals surface area contributed by atoms with Crippen LogP contribution in [0.2, 0.25) is 0 Å². The minimum atomic E-state index is -2.61. The highest BCUT2D eigenvalue weighted by atomic mass is 79.9. The zero-order valence-electron chi connectivity index (χ0n) is 10.3. The highest BCUT2D eigenvalue weighted by Crippen LogP contribution is 2.36. The summed E-state index contributed by atoms with van der Waals surface area (Å²) in [6.45, 7) is 0. The molecule has 1 aromatic rings. The largest absolute Gasteiger partial charge is 0.398 e. The monoisotopic (exact) mass is 332 g/mol. The maximum atomic E-state index is 13.0. The summed E-state index contributed by atoms with van der Waals surface area (Å²) in [6.07, 6.45) is 0.0246. The number of nitrogen functional groups attached to an aromatic ring is 1. The van der Waals surface area contributed by atoms with Gasteiger partial charge < -0.3 is 11.1 Å². The third kappa shape index (κ3) is 3.65. The third-order valence-electron chi connectivity index (χ3n) is 3.35. The molecular formula is C13H15BrF2N2O. The van der Waals surface area contributed by atoms with Crippen molar-refractivity contribution in [1.82, 2.24) is 0 Å². The molecule has 0 spiro atoms. The predicted molar refractivity (Wildman–Crippen MR) is 74.1 cm³/mol. The molecule has 1 aliphatic carbocycles. The number of anilines is 2. The smallest absolute Gasteiger partial charge is 0.248 e. The lowest BCUT2D eigenvalue weighted by molar-refractivity contribution is -0.124. The Morgan fingerprint density at radius 3 is 2.58 bits per heavy atom. The topological polar surface area (TPSA) is 55.1 Å². The van der Waals surface area contributed by atoms with E-state index in [2.05, 4.69) is 21.2 Å². The number of hydrogen-bond acceptors (Lipinski definition) is 2. The Morgan fingerprint density at radius 1 is 1.37 bits per heavy atom. The Labute approximate surface area is 118 Å². The SMILES string of the molecule is Nc1cc(NC(=O)C2CCC(F)(F)CC2)ccc1Br. The van der Waals surface area contributed by atoms with E-state index in [0.717, 1.165) is 4.47 Å². The van der Waals surface area contributed by atoms with Gasteiger partial charge in [0.05, 0.1) is 0 Å². The molecule has 1 fully saturated rings. The van der Waals surface area contributed by atoms with E-state index >= 15 is 0 Å². The summed E-state index contributed by atoms with van der Waals surface area (Å²) in [6, 6.07) is 5.09. The summed E-state index contributed by atoms with van der Waals surface area (Å²) in [4.78, 5) is 12.0.